The van der Waals surface area contributed by atoms with Crippen molar-refractivity contribution < 1.29 is 20.8 Å². The molecule has 2 aromatic rings. The van der Waals surface area contributed by atoms with Crippen molar-refractivity contribution in [3.05, 3.63) is 29.8 Å². The van der Waals surface area contributed by atoms with Crippen molar-refractivity contribution >= 4 is 17.3 Å². The van der Waals surface area contributed by atoms with Gasteiger partial charge in [-0.3, -0.25) is 0 Å². The van der Waals surface area contributed by atoms with Gasteiger partial charge in [-0.15, -0.1) is 0 Å². The quantitative estimate of drug-likeness (QED) is 0.832. The Morgan fingerprint density at radius 1 is 1.36 bits per heavy atom. The lowest BCUT2D eigenvalue weighted by Gasteiger charge is -2.36. The van der Waals surface area contributed by atoms with Crippen molar-refractivity contribution in [1.29, 1.82) is 0 Å². The molecule has 25 heavy (non-hydrogen) atoms. The lowest BCUT2D eigenvalue weighted by molar-refractivity contribution is 0.0240. The monoisotopic (exact) mass is 353 g/mol. The Labute approximate surface area is 154 Å². The summed E-state index contributed by atoms with van der Waals surface area (Å²) < 4.78 is 59.1. The number of carbonyl (C=O) groups is 1. The number of piperazine rings is 1. The van der Waals surface area contributed by atoms with Gasteiger partial charge in [-0.25, -0.2) is 13.7 Å². The first-order chi connectivity index (χ1) is 13.7. The number of carbonyl (C=O) groups excluding carboxylic acids is 1. The summed E-state index contributed by atoms with van der Waals surface area (Å²) in [4.78, 5) is 15.5. The van der Waals surface area contributed by atoms with E-state index in [1.54, 1.807) is 30.6 Å². The van der Waals surface area contributed by atoms with Gasteiger partial charge in [-0.1, -0.05) is 6.85 Å². The first-order valence-corrected chi connectivity index (χ1v) is 8.11. The van der Waals surface area contributed by atoms with Crippen molar-refractivity contribution in [2.75, 3.05) is 31.1 Å². The summed E-state index contributed by atoms with van der Waals surface area (Å²) in [5, 5.41) is 3.92. The predicted molar refractivity (Wildman–Crippen MR) is 94.5 cm³/mol. The molecule has 0 atom stereocenters. The van der Waals surface area contributed by atoms with Gasteiger partial charge in [0.2, 0.25) is 0 Å². The Morgan fingerprint density at radius 3 is 2.72 bits per heavy atom. The first kappa shape index (κ1) is 12.1. The van der Waals surface area contributed by atoms with Gasteiger partial charge in [0.1, 0.15) is 5.60 Å². The normalized spacial score (nSPS) is 19.8. The molecule has 0 unspecified atom stereocenters. The number of nitrogens with zero attached hydrogens (tertiary/aromatic N) is 4. The largest absolute Gasteiger partial charge is 0.444 e. The second-order valence-electron chi connectivity index (χ2n) is 6.99. The van der Waals surface area contributed by atoms with E-state index in [1.807, 2.05) is 0 Å². The molecule has 2 aromatic heterocycles. The van der Waals surface area contributed by atoms with Gasteiger partial charge in [0.25, 0.3) is 0 Å². The molecule has 1 aliphatic rings. The number of hydrogen-bond donors (Lipinski definition) is 0. The van der Waals surface area contributed by atoms with Crippen molar-refractivity contribution in [3.63, 3.8) is 0 Å². The maximum absolute atomic E-state index is 14.7. The summed E-state index contributed by atoms with van der Waals surface area (Å²) in [6, 6.07) is 2.82. The van der Waals surface area contributed by atoms with E-state index in [4.69, 9.17) is 11.6 Å². The van der Waals surface area contributed by atoms with Crippen LogP contribution in [0.5, 0.6) is 0 Å². The third kappa shape index (κ3) is 3.86. The minimum atomic E-state index is -2.90. The standard InChI is InChI=1S/C18H25FN4O2/c1-5-13-10-14-11-16(15(19)12-23(14)20-13)21-6-8-22(9-7-21)17(24)25-18(2,3)4/h10-12H,5-9H2,1-4H3/i1D3,5D2. The van der Waals surface area contributed by atoms with Gasteiger partial charge in [0.15, 0.2) is 5.82 Å². The Kier molecular flexibility index (Phi) is 3.17. The number of rotatable bonds is 2. The number of aryl methyl sites for hydroxylation is 1. The number of anilines is 1. The molecule has 136 valence electrons. The Morgan fingerprint density at radius 2 is 2.08 bits per heavy atom. The number of ether oxygens (including phenoxy) is 1. The Bertz CT molecular complexity index is 946. The summed E-state index contributed by atoms with van der Waals surface area (Å²) in [5.41, 5.74) is -0.213. The van der Waals surface area contributed by atoms with E-state index in [9.17, 15) is 9.18 Å². The summed E-state index contributed by atoms with van der Waals surface area (Å²) in [5.74, 6) is -0.572. The van der Waals surface area contributed by atoms with Crippen LogP contribution in [-0.4, -0.2) is 52.4 Å². The zero-order chi connectivity index (χ0) is 22.5. The number of aromatic nitrogens is 2. The highest BCUT2D eigenvalue weighted by Gasteiger charge is 2.27. The Hall–Kier alpha value is -2.31. The van der Waals surface area contributed by atoms with Crippen molar-refractivity contribution in [1.82, 2.24) is 14.5 Å². The zero-order valence-corrected chi connectivity index (χ0v) is 14.5. The Balaban J connectivity index is 1.79. The number of amides is 1. The van der Waals surface area contributed by atoms with Crippen LogP contribution in [0.2, 0.25) is 0 Å². The van der Waals surface area contributed by atoms with Crippen molar-refractivity contribution in [2.24, 2.45) is 0 Å². The number of hydrogen-bond acceptors (Lipinski definition) is 4. The van der Waals surface area contributed by atoms with E-state index < -0.39 is 30.7 Å². The second kappa shape index (κ2) is 6.54. The fourth-order valence-electron chi connectivity index (χ4n) is 2.76. The predicted octanol–water partition coefficient (Wildman–Crippen LogP) is 3.09. The molecule has 0 N–H and O–H groups in total. The average molecular weight is 353 g/mol. The van der Waals surface area contributed by atoms with E-state index >= 15 is 0 Å². The van der Waals surface area contributed by atoms with Gasteiger partial charge in [0.05, 0.1) is 23.1 Å². The van der Waals surface area contributed by atoms with Crippen LogP contribution in [0, 0.1) is 5.82 Å². The molecule has 0 radical (unpaired) electrons. The van der Waals surface area contributed by atoms with Crippen LogP contribution in [0.25, 0.3) is 5.52 Å². The van der Waals surface area contributed by atoms with E-state index in [0.717, 1.165) is 10.7 Å². The summed E-state index contributed by atoms with van der Waals surface area (Å²) in [6.07, 6.45) is -1.97. The van der Waals surface area contributed by atoms with Crippen LogP contribution in [0.3, 0.4) is 0 Å². The van der Waals surface area contributed by atoms with Gasteiger partial charge in [-0.05, 0) is 39.3 Å². The topological polar surface area (TPSA) is 50.1 Å². The SMILES string of the molecule is [2H]C([2H])([2H])C([2H])([2H])c1cc2cc(N3CCN(C(=O)OC(C)(C)C)CC3)c(F)cn2n1. The third-order valence-corrected chi connectivity index (χ3v) is 3.93. The lowest BCUT2D eigenvalue weighted by atomic mass is 10.2. The van der Waals surface area contributed by atoms with Crippen molar-refractivity contribution in [3.8, 4) is 0 Å². The number of fused-ring (bicyclic) bond motifs is 1. The van der Waals surface area contributed by atoms with E-state index in [2.05, 4.69) is 5.10 Å². The van der Waals surface area contributed by atoms with Crippen LogP contribution in [0.15, 0.2) is 18.3 Å². The highest BCUT2D eigenvalue weighted by atomic mass is 19.1. The maximum atomic E-state index is 14.7. The maximum Gasteiger partial charge on any atom is 0.410 e. The molecule has 3 rings (SSSR count). The van der Waals surface area contributed by atoms with Crippen LogP contribution in [0.4, 0.5) is 14.9 Å². The average Bonchev–Trinajstić information content (AvgIpc) is 3.02. The van der Waals surface area contributed by atoms with E-state index in [1.165, 1.54) is 12.1 Å². The van der Waals surface area contributed by atoms with Gasteiger partial charge in [0, 0.05) is 33.0 Å². The molecule has 1 saturated heterocycles. The molecular weight excluding hydrogens is 323 g/mol. The van der Waals surface area contributed by atoms with Gasteiger partial charge < -0.3 is 14.5 Å². The summed E-state index contributed by atoms with van der Waals surface area (Å²) in [6.45, 7) is 4.00. The minimum Gasteiger partial charge on any atom is -0.444 e. The van der Waals surface area contributed by atoms with Crippen LogP contribution >= 0.6 is 0 Å². The van der Waals surface area contributed by atoms with Gasteiger partial charge in [-0.2, -0.15) is 5.10 Å². The molecule has 1 fully saturated rings. The molecule has 0 saturated carbocycles. The molecule has 1 aliphatic heterocycles. The number of halogens is 1. The summed E-state index contributed by atoms with van der Waals surface area (Å²) in [7, 11) is 0. The molecule has 7 heteroatoms. The molecule has 0 spiro atoms. The molecule has 0 aromatic carbocycles. The molecule has 0 aliphatic carbocycles. The van der Waals surface area contributed by atoms with Crippen LogP contribution in [-0.2, 0) is 11.1 Å². The zero-order valence-electron chi connectivity index (χ0n) is 19.5. The molecule has 0 bridgehead atoms. The summed E-state index contributed by atoms with van der Waals surface area (Å²) >= 11 is 0. The fourth-order valence-corrected chi connectivity index (χ4v) is 2.76. The van der Waals surface area contributed by atoms with Gasteiger partial charge >= 0.3 is 6.09 Å². The van der Waals surface area contributed by atoms with E-state index in [-0.39, 0.29) is 11.4 Å². The highest BCUT2D eigenvalue weighted by molar-refractivity contribution is 5.69. The number of pyridine rings is 1. The highest BCUT2D eigenvalue weighted by Crippen LogP contribution is 2.24. The fraction of sp³-hybridized carbons (Fsp3) is 0.556. The third-order valence-electron chi connectivity index (χ3n) is 3.93. The minimum absolute atomic E-state index is 0.284. The van der Waals surface area contributed by atoms with Crippen molar-refractivity contribution in [2.45, 2.75) is 39.6 Å². The second-order valence-corrected chi connectivity index (χ2v) is 6.99. The first-order valence-electron chi connectivity index (χ1n) is 10.6. The van der Waals surface area contributed by atoms with Crippen LogP contribution in [0.1, 0.15) is 40.2 Å². The lowest BCUT2D eigenvalue weighted by Crippen LogP contribution is -2.50. The molecular formula is C18H25FN4O2. The van der Waals surface area contributed by atoms with E-state index in [0.29, 0.717) is 31.7 Å². The molecule has 3 heterocycles. The molecule has 1 amide bonds. The molecule has 6 nitrogen and oxygen atoms in total. The van der Waals surface area contributed by atoms with Crippen LogP contribution < -0.4 is 4.90 Å². The smallest absolute Gasteiger partial charge is 0.410 e.